The third-order valence-corrected chi connectivity index (χ3v) is 6.00. The zero-order chi connectivity index (χ0) is 25.8. The molecule has 3 nitrogen and oxygen atoms in total. The molecule has 1 amide bonds. The molecule has 2 N–H and O–H groups in total. The zero-order valence-electron chi connectivity index (χ0n) is 19.4. The molecule has 0 aliphatic carbocycles. The van der Waals surface area contributed by atoms with Crippen LogP contribution in [-0.2, 0) is 30.1 Å². The smallest absolute Gasteiger partial charge is 0.369 e. The monoisotopic (exact) mass is 498 g/mol. The van der Waals surface area contributed by atoms with Crippen molar-refractivity contribution in [3.63, 3.8) is 0 Å². The summed E-state index contributed by atoms with van der Waals surface area (Å²) in [5, 5.41) is 0.582. The molecule has 35 heavy (non-hydrogen) atoms. The van der Waals surface area contributed by atoms with Crippen molar-refractivity contribution in [1.29, 1.82) is 0 Å². The minimum atomic E-state index is -4.93. The Morgan fingerprint density at radius 2 is 1.43 bits per heavy atom. The van der Waals surface area contributed by atoms with Crippen molar-refractivity contribution in [2.24, 2.45) is 5.73 Å². The number of halogens is 6. The first-order valence-corrected chi connectivity index (χ1v) is 11.6. The molecule has 1 heterocycles. The number of carbonyl (C=O) groups excluding carboxylic acids is 1. The molecule has 0 fully saturated rings. The van der Waals surface area contributed by atoms with Gasteiger partial charge in [0.05, 0.1) is 17.5 Å². The van der Waals surface area contributed by atoms with E-state index in [0.29, 0.717) is 29.6 Å². The summed E-state index contributed by atoms with van der Waals surface area (Å²) in [7, 11) is 0. The third kappa shape index (κ3) is 6.80. The number of nitrogens with zero attached hydrogens (tertiary/aromatic N) is 1. The number of primary amides is 1. The topological polar surface area (TPSA) is 48.0 Å². The lowest BCUT2D eigenvalue weighted by molar-refractivity contribution is -0.143. The van der Waals surface area contributed by atoms with Crippen molar-refractivity contribution < 1.29 is 31.1 Å². The van der Waals surface area contributed by atoms with Crippen LogP contribution in [0.15, 0.2) is 42.6 Å². The van der Waals surface area contributed by atoms with Gasteiger partial charge in [-0.2, -0.15) is 26.3 Å². The van der Waals surface area contributed by atoms with Crippen LogP contribution in [0.4, 0.5) is 26.3 Å². The number of hydrogen-bond acceptors (Lipinski definition) is 1. The predicted octanol–water partition coefficient (Wildman–Crippen LogP) is 7.73. The highest BCUT2D eigenvalue weighted by Gasteiger charge is 2.37. The summed E-state index contributed by atoms with van der Waals surface area (Å²) in [5.74, 6) is -0.576. The molecule has 9 heteroatoms. The van der Waals surface area contributed by atoms with Gasteiger partial charge in [-0.1, -0.05) is 45.1 Å². The van der Waals surface area contributed by atoms with E-state index in [1.807, 2.05) is 4.57 Å². The van der Waals surface area contributed by atoms with Gasteiger partial charge in [-0.15, -0.1) is 0 Å². The van der Waals surface area contributed by atoms with Crippen LogP contribution in [0.3, 0.4) is 0 Å². The summed E-state index contributed by atoms with van der Waals surface area (Å²) >= 11 is 0. The second-order valence-electron chi connectivity index (χ2n) is 8.79. The Balaban J connectivity index is 2.01. The van der Waals surface area contributed by atoms with Crippen molar-refractivity contribution >= 4 is 16.8 Å². The number of benzene rings is 2. The first-order chi connectivity index (χ1) is 16.4. The van der Waals surface area contributed by atoms with Crippen LogP contribution in [0, 0.1) is 0 Å². The molecular weight excluding hydrogens is 470 g/mol. The van der Waals surface area contributed by atoms with Gasteiger partial charge in [-0.25, -0.2) is 0 Å². The van der Waals surface area contributed by atoms with Crippen molar-refractivity contribution in [1.82, 2.24) is 4.57 Å². The van der Waals surface area contributed by atoms with Crippen LogP contribution in [-0.4, -0.2) is 10.5 Å². The van der Waals surface area contributed by atoms with Crippen molar-refractivity contribution in [2.45, 2.75) is 70.8 Å². The number of fused-ring (bicyclic) bond motifs is 1. The van der Waals surface area contributed by atoms with Crippen molar-refractivity contribution in [2.75, 3.05) is 0 Å². The SMILES string of the molecule is CCCCCCCCn1cc(CC(N)=O)c2cc(-c3cc(C(F)(F)F)cc(C(F)(F)F)c3)ccc21. The molecular formula is C26H28F6N2O. The van der Waals surface area contributed by atoms with Gasteiger partial charge < -0.3 is 10.3 Å². The van der Waals surface area contributed by atoms with Crippen LogP contribution in [0.5, 0.6) is 0 Å². The third-order valence-electron chi connectivity index (χ3n) is 6.00. The fourth-order valence-corrected chi connectivity index (χ4v) is 4.25. The fourth-order valence-electron chi connectivity index (χ4n) is 4.25. The van der Waals surface area contributed by atoms with E-state index in [2.05, 4.69) is 6.92 Å². The molecule has 1 aromatic heterocycles. The van der Waals surface area contributed by atoms with Crippen LogP contribution < -0.4 is 5.73 Å². The molecule has 0 saturated heterocycles. The van der Waals surface area contributed by atoms with Crippen LogP contribution in [0.1, 0.15) is 62.1 Å². The van der Waals surface area contributed by atoms with Crippen molar-refractivity contribution in [3.8, 4) is 11.1 Å². The summed E-state index contributed by atoms with van der Waals surface area (Å²) in [6.07, 6.45) is -1.60. The quantitative estimate of drug-likeness (QED) is 0.226. The van der Waals surface area contributed by atoms with Gasteiger partial charge in [0.25, 0.3) is 0 Å². The van der Waals surface area contributed by atoms with E-state index in [4.69, 9.17) is 5.73 Å². The van der Waals surface area contributed by atoms with Gasteiger partial charge in [0.15, 0.2) is 0 Å². The molecule has 2 aromatic carbocycles. The number of aryl methyl sites for hydroxylation is 1. The molecule has 0 unspecified atom stereocenters. The number of hydrogen-bond donors (Lipinski definition) is 1. The molecule has 0 bridgehead atoms. The molecule has 0 spiro atoms. The van der Waals surface area contributed by atoms with Gasteiger partial charge in [0.1, 0.15) is 0 Å². The Morgan fingerprint density at radius 1 is 0.829 bits per heavy atom. The summed E-state index contributed by atoms with van der Waals surface area (Å²) in [4.78, 5) is 11.6. The minimum Gasteiger partial charge on any atom is -0.369 e. The highest BCUT2D eigenvalue weighted by atomic mass is 19.4. The molecule has 190 valence electrons. The van der Waals surface area contributed by atoms with Gasteiger partial charge in [0.2, 0.25) is 5.91 Å². The summed E-state index contributed by atoms with van der Waals surface area (Å²) in [5.41, 5.74) is 3.95. The van der Waals surface area contributed by atoms with E-state index in [1.165, 1.54) is 18.6 Å². The fraction of sp³-hybridized carbons (Fsp3) is 0.423. The molecule has 3 aromatic rings. The average molecular weight is 499 g/mol. The van der Waals surface area contributed by atoms with Crippen LogP contribution in [0.2, 0.25) is 0 Å². The number of carbonyl (C=O) groups is 1. The number of amides is 1. The van der Waals surface area contributed by atoms with Gasteiger partial charge in [0, 0.05) is 23.6 Å². The van der Waals surface area contributed by atoms with E-state index in [0.717, 1.165) is 37.6 Å². The largest absolute Gasteiger partial charge is 0.416 e. The van der Waals surface area contributed by atoms with Gasteiger partial charge >= 0.3 is 12.4 Å². The first kappa shape index (κ1) is 26.6. The van der Waals surface area contributed by atoms with Crippen molar-refractivity contribution in [3.05, 3.63) is 59.3 Å². The summed E-state index contributed by atoms with van der Waals surface area (Å²) in [6.45, 7) is 2.83. The number of unbranched alkanes of at least 4 members (excludes halogenated alkanes) is 5. The lowest BCUT2D eigenvalue weighted by Gasteiger charge is -2.14. The molecule has 0 saturated carbocycles. The molecule has 0 radical (unpaired) electrons. The van der Waals surface area contributed by atoms with E-state index in [-0.39, 0.29) is 23.6 Å². The number of rotatable bonds is 10. The maximum Gasteiger partial charge on any atom is 0.416 e. The number of nitrogens with two attached hydrogens (primary N) is 1. The molecule has 0 aliphatic heterocycles. The van der Waals surface area contributed by atoms with E-state index < -0.39 is 29.4 Å². The second-order valence-corrected chi connectivity index (χ2v) is 8.79. The van der Waals surface area contributed by atoms with Crippen LogP contribution in [0.25, 0.3) is 22.0 Å². The van der Waals surface area contributed by atoms with Crippen LogP contribution >= 0.6 is 0 Å². The number of aromatic nitrogens is 1. The predicted molar refractivity (Wildman–Crippen MR) is 124 cm³/mol. The Bertz CT molecular complexity index is 1140. The maximum absolute atomic E-state index is 13.3. The molecule has 0 aliphatic rings. The first-order valence-electron chi connectivity index (χ1n) is 11.6. The highest BCUT2D eigenvalue weighted by Crippen LogP contribution is 2.39. The highest BCUT2D eigenvalue weighted by molar-refractivity contribution is 5.92. The second kappa shape index (κ2) is 10.7. The maximum atomic E-state index is 13.3. The Kier molecular flexibility index (Phi) is 8.18. The van der Waals surface area contributed by atoms with E-state index in [9.17, 15) is 31.1 Å². The van der Waals surface area contributed by atoms with Gasteiger partial charge in [-0.05, 0) is 53.4 Å². The van der Waals surface area contributed by atoms with Gasteiger partial charge in [-0.3, -0.25) is 4.79 Å². The Morgan fingerprint density at radius 3 is 2.00 bits per heavy atom. The number of alkyl halides is 6. The molecule has 0 atom stereocenters. The Labute approximate surface area is 199 Å². The standard InChI is InChI=1S/C26H28F6N2O/c1-2-3-4-5-6-7-10-34-16-19(14-24(33)35)22-13-17(8-9-23(22)34)18-11-20(25(27,28)29)15-21(12-18)26(30,31)32/h8-9,11-13,15-16H,2-7,10,14H2,1H3,(H2,33,35). The summed E-state index contributed by atoms with van der Waals surface area (Å²) in [6, 6.07) is 6.22. The summed E-state index contributed by atoms with van der Waals surface area (Å²) < 4.78 is 81.8. The van der Waals surface area contributed by atoms with E-state index >= 15 is 0 Å². The molecule has 3 rings (SSSR count). The normalized spacial score (nSPS) is 12.4. The lowest BCUT2D eigenvalue weighted by Crippen LogP contribution is -2.13. The minimum absolute atomic E-state index is 0.0835. The van der Waals surface area contributed by atoms with E-state index in [1.54, 1.807) is 12.3 Å². The lowest BCUT2D eigenvalue weighted by atomic mass is 9.97. The Hall–Kier alpha value is -2.97. The zero-order valence-corrected chi connectivity index (χ0v) is 19.4. The average Bonchev–Trinajstić information content (AvgIpc) is 3.10.